The Hall–Kier alpha value is -2.21. The van der Waals surface area contributed by atoms with Gasteiger partial charge in [-0.05, 0) is 44.6 Å². The maximum Gasteiger partial charge on any atom is 0.228 e. The highest BCUT2D eigenvalue weighted by Crippen LogP contribution is 2.35. The largest absolute Gasteiger partial charge is 0.396 e. The van der Waals surface area contributed by atoms with Gasteiger partial charge in [0.15, 0.2) is 0 Å². The molecule has 0 saturated carbocycles. The Kier molecular flexibility index (Phi) is 6.04. The third-order valence-corrected chi connectivity index (χ3v) is 5.43. The number of aliphatic hydroxyl groups is 1. The second-order valence-corrected chi connectivity index (χ2v) is 7.39. The van der Waals surface area contributed by atoms with Crippen molar-refractivity contribution in [1.29, 1.82) is 0 Å². The van der Waals surface area contributed by atoms with Crippen LogP contribution in [0.1, 0.15) is 42.6 Å². The average Bonchev–Trinajstić information content (AvgIpc) is 3.07. The summed E-state index contributed by atoms with van der Waals surface area (Å²) in [5, 5.41) is 17.6. The number of carbonyl (C=O) groups excluding carboxylic acids is 1. The molecular weight excluding hydrogens is 330 g/mol. The molecule has 1 atom stereocenters. The Morgan fingerprint density at radius 2 is 2.12 bits per heavy atom. The molecule has 26 heavy (non-hydrogen) atoms. The van der Waals surface area contributed by atoms with Crippen molar-refractivity contribution in [2.45, 2.75) is 45.4 Å². The number of benzene rings is 1. The lowest BCUT2D eigenvalue weighted by Gasteiger charge is -2.42. The monoisotopic (exact) mass is 357 g/mol. The molecule has 6 nitrogen and oxygen atoms in total. The van der Waals surface area contributed by atoms with Crippen LogP contribution in [0.5, 0.6) is 0 Å². The molecule has 6 heteroatoms. The van der Waals surface area contributed by atoms with Crippen LogP contribution < -0.4 is 0 Å². The van der Waals surface area contributed by atoms with E-state index in [1.807, 2.05) is 11.0 Å². The van der Waals surface area contributed by atoms with Gasteiger partial charge in [0.25, 0.3) is 0 Å². The van der Waals surface area contributed by atoms with E-state index in [0.29, 0.717) is 17.9 Å². The third-order valence-electron chi connectivity index (χ3n) is 5.43. The standard InChI is InChI=1S/C20H27N3O3/c1-16-18(22-26-21-16)13-19(25)23-12-6-11-20(14-23,15-24)10-5-9-17-7-3-2-4-8-17/h2-4,7-8,24H,5-6,9-15H2,1H3. The van der Waals surface area contributed by atoms with Crippen molar-refractivity contribution < 1.29 is 14.5 Å². The molecule has 1 saturated heterocycles. The first-order valence-corrected chi connectivity index (χ1v) is 9.32. The Bertz CT molecular complexity index is 716. The van der Waals surface area contributed by atoms with Crippen molar-refractivity contribution in [2.24, 2.45) is 5.41 Å². The van der Waals surface area contributed by atoms with Gasteiger partial charge in [-0.3, -0.25) is 4.79 Å². The van der Waals surface area contributed by atoms with Gasteiger partial charge in [-0.1, -0.05) is 40.6 Å². The van der Waals surface area contributed by atoms with E-state index in [1.54, 1.807) is 6.92 Å². The SMILES string of the molecule is Cc1nonc1CC(=O)N1CCCC(CO)(CCCc2ccccc2)C1. The zero-order valence-electron chi connectivity index (χ0n) is 15.4. The van der Waals surface area contributed by atoms with Gasteiger partial charge < -0.3 is 10.0 Å². The summed E-state index contributed by atoms with van der Waals surface area (Å²) in [5.41, 5.74) is 2.38. The first kappa shape index (κ1) is 18.6. The summed E-state index contributed by atoms with van der Waals surface area (Å²) < 4.78 is 4.68. The summed E-state index contributed by atoms with van der Waals surface area (Å²) in [6, 6.07) is 10.4. The first-order valence-electron chi connectivity index (χ1n) is 9.32. The summed E-state index contributed by atoms with van der Waals surface area (Å²) >= 11 is 0. The number of likely N-dealkylation sites (tertiary alicyclic amines) is 1. The van der Waals surface area contributed by atoms with Crippen LogP contribution in [0, 0.1) is 12.3 Å². The molecule has 1 aromatic heterocycles. The van der Waals surface area contributed by atoms with E-state index in [1.165, 1.54) is 5.56 Å². The molecule has 1 aliphatic heterocycles. The Morgan fingerprint density at radius 1 is 1.31 bits per heavy atom. The Labute approximate surface area is 154 Å². The van der Waals surface area contributed by atoms with Crippen LogP contribution in [0.3, 0.4) is 0 Å². The second kappa shape index (κ2) is 8.45. The van der Waals surface area contributed by atoms with Crippen LogP contribution in [-0.4, -0.2) is 45.9 Å². The quantitative estimate of drug-likeness (QED) is 0.824. The molecule has 140 valence electrons. The van der Waals surface area contributed by atoms with Crippen molar-refractivity contribution in [3.8, 4) is 0 Å². The van der Waals surface area contributed by atoms with E-state index in [-0.39, 0.29) is 24.3 Å². The fourth-order valence-electron chi connectivity index (χ4n) is 3.81. The van der Waals surface area contributed by atoms with Gasteiger partial charge in [-0.2, -0.15) is 0 Å². The van der Waals surface area contributed by atoms with E-state index in [4.69, 9.17) is 0 Å². The van der Waals surface area contributed by atoms with Gasteiger partial charge in [0.2, 0.25) is 5.91 Å². The number of hydrogen-bond donors (Lipinski definition) is 1. The lowest BCUT2D eigenvalue weighted by atomic mass is 9.76. The summed E-state index contributed by atoms with van der Waals surface area (Å²) in [6.45, 7) is 3.26. The Balaban J connectivity index is 1.57. The topological polar surface area (TPSA) is 79.5 Å². The van der Waals surface area contributed by atoms with E-state index in [0.717, 1.165) is 38.6 Å². The molecule has 0 radical (unpaired) electrons. The highest BCUT2D eigenvalue weighted by atomic mass is 16.6. The van der Waals surface area contributed by atoms with Crippen molar-refractivity contribution in [2.75, 3.05) is 19.7 Å². The minimum atomic E-state index is -0.195. The summed E-state index contributed by atoms with van der Waals surface area (Å²) in [5.74, 6) is 0.0318. The highest BCUT2D eigenvalue weighted by molar-refractivity contribution is 5.78. The molecule has 1 fully saturated rings. The number of aliphatic hydroxyl groups excluding tert-OH is 1. The Morgan fingerprint density at radius 3 is 2.81 bits per heavy atom. The van der Waals surface area contributed by atoms with Gasteiger partial charge in [0.1, 0.15) is 11.4 Å². The number of rotatable bonds is 7. The number of carbonyl (C=O) groups is 1. The van der Waals surface area contributed by atoms with Crippen LogP contribution in [0.4, 0.5) is 0 Å². The molecule has 0 bridgehead atoms. The second-order valence-electron chi connectivity index (χ2n) is 7.39. The first-order chi connectivity index (χ1) is 12.6. The predicted octanol–water partition coefficient (Wildman–Crippen LogP) is 2.54. The van der Waals surface area contributed by atoms with Crippen LogP contribution in [-0.2, 0) is 17.6 Å². The number of amides is 1. The van der Waals surface area contributed by atoms with Gasteiger partial charge in [-0.25, -0.2) is 4.63 Å². The molecule has 2 heterocycles. The molecule has 1 aliphatic rings. The molecule has 0 spiro atoms. The highest BCUT2D eigenvalue weighted by Gasteiger charge is 2.36. The van der Waals surface area contributed by atoms with Gasteiger partial charge in [0.05, 0.1) is 13.0 Å². The average molecular weight is 357 g/mol. The normalized spacial score (nSPS) is 20.3. The number of aryl methyl sites for hydroxylation is 2. The number of nitrogens with zero attached hydrogens (tertiary/aromatic N) is 3. The molecule has 0 aliphatic carbocycles. The maximum atomic E-state index is 12.7. The van der Waals surface area contributed by atoms with Crippen LogP contribution in [0.25, 0.3) is 0 Å². The number of piperidine rings is 1. The van der Waals surface area contributed by atoms with Crippen molar-refractivity contribution in [3.63, 3.8) is 0 Å². The number of aromatic nitrogens is 2. The molecule has 2 aromatic rings. The maximum absolute atomic E-state index is 12.7. The fraction of sp³-hybridized carbons (Fsp3) is 0.550. The zero-order valence-corrected chi connectivity index (χ0v) is 15.4. The number of hydrogen-bond acceptors (Lipinski definition) is 5. The minimum Gasteiger partial charge on any atom is -0.396 e. The van der Waals surface area contributed by atoms with Crippen LogP contribution >= 0.6 is 0 Å². The molecule has 1 aromatic carbocycles. The summed E-state index contributed by atoms with van der Waals surface area (Å²) in [4.78, 5) is 14.5. The lowest BCUT2D eigenvalue weighted by molar-refractivity contribution is -0.135. The van der Waals surface area contributed by atoms with Crippen LogP contribution in [0.2, 0.25) is 0 Å². The van der Waals surface area contributed by atoms with Gasteiger partial charge >= 0.3 is 0 Å². The van der Waals surface area contributed by atoms with Gasteiger partial charge in [-0.15, -0.1) is 0 Å². The van der Waals surface area contributed by atoms with E-state index in [2.05, 4.69) is 39.2 Å². The van der Waals surface area contributed by atoms with E-state index in [9.17, 15) is 9.90 Å². The zero-order chi connectivity index (χ0) is 18.4. The lowest BCUT2D eigenvalue weighted by Crippen LogP contribution is -2.48. The van der Waals surface area contributed by atoms with E-state index >= 15 is 0 Å². The minimum absolute atomic E-state index is 0.0318. The van der Waals surface area contributed by atoms with Crippen molar-refractivity contribution >= 4 is 5.91 Å². The summed E-state index contributed by atoms with van der Waals surface area (Å²) in [6.07, 6.45) is 5.03. The smallest absolute Gasteiger partial charge is 0.228 e. The molecular formula is C20H27N3O3. The van der Waals surface area contributed by atoms with Gasteiger partial charge in [0, 0.05) is 18.5 Å². The molecule has 3 rings (SSSR count). The fourth-order valence-corrected chi connectivity index (χ4v) is 3.81. The third kappa shape index (κ3) is 4.49. The van der Waals surface area contributed by atoms with E-state index < -0.39 is 0 Å². The predicted molar refractivity (Wildman–Crippen MR) is 97.5 cm³/mol. The van der Waals surface area contributed by atoms with Crippen molar-refractivity contribution in [3.05, 3.63) is 47.3 Å². The van der Waals surface area contributed by atoms with Crippen LogP contribution in [0.15, 0.2) is 35.0 Å². The molecule has 1 N–H and O–H groups in total. The van der Waals surface area contributed by atoms with Crippen molar-refractivity contribution in [1.82, 2.24) is 15.2 Å². The molecule has 1 amide bonds. The molecule has 1 unspecified atom stereocenters. The summed E-state index contributed by atoms with van der Waals surface area (Å²) in [7, 11) is 0.